The second-order valence-electron chi connectivity index (χ2n) is 6.38. The van der Waals surface area contributed by atoms with E-state index in [1.54, 1.807) is 0 Å². The lowest BCUT2D eigenvalue weighted by molar-refractivity contribution is -0.275. The van der Waals surface area contributed by atoms with Crippen molar-refractivity contribution in [1.29, 1.82) is 0 Å². The molecule has 150 valence electrons. The molecule has 0 aliphatic carbocycles. The second-order valence-corrected chi connectivity index (χ2v) is 7.25. The number of oxime groups is 1. The quantitative estimate of drug-likeness (QED) is 0.601. The molecule has 1 unspecified atom stereocenters. The van der Waals surface area contributed by atoms with Gasteiger partial charge in [-0.25, -0.2) is 4.39 Å². The van der Waals surface area contributed by atoms with Crippen molar-refractivity contribution in [3.05, 3.63) is 69.0 Å². The van der Waals surface area contributed by atoms with Crippen LogP contribution in [0.2, 0.25) is 10.0 Å². The Hall–Kier alpha value is -1.83. The smallest absolute Gasteiger partial charge is 0.374 e. The van der Waals surface area contributed by atoms with E-state index in [2.05, 4.69) is 10.5 Å². The lowest BCUT2D eigenvalue weighted by Crippen LogP contribution is -2.42. The molecule has 2 aromatic rings. The zero-order chi connectivity index (χ0) is 20.5. The van der Waals surface area contributed by atoms with Crippen LogP contribution in [0.4, 0.5) is 17.6 Å². The first kappa shape index (κ1) is 20.9. The lowest BCUT2D eigenvalue weighted by Gasteiger charge is -2.29. The number of hydrogen-bond acceptors (Lipinski definition) is 3. The molecule has 9 heteroatoms. The minimum absolute atomic E-state index is 0.0536. The molecule has 0 bridgehead atoms. The number of benzene rings is 2. The maximum Gasteiger partial charge on any atom is 0.435 e. The largest absolute Gasteiger partial charge is 0.435 e. The van der Waals surface area contributed by atoms with E-state index in [-0.39, 0.29) is 27.9 Å². The van der Waals surface area contributed by atoms with Gasteiger partial charge < -0.3 is 10.2 Å². The van der Waals surface area contributed by atoms with Gasteiger partial charge in [-0.2, -0.15) is 13.2 Å². The summed E-state index contributed by atoms with van der Waals surface area (Å²) in [6.45, 7) is 2.74. The van der Waals surface area contributed by atoms with Crippen molar-refractivity contribution < 1.29 is 22.4 Å². The van der Waals surface area contributed by atoms with Crippen LogP contribution in [0.15, 0.2) is 41.6 Å². The minimum atomic E-state index is -4.78. The van der Waals surface area contributed by atoms with Crippen LogP contribution in [0.5, 0.6) is 0 Å². The first-order valence-corrected chi connectivity index (χ1v) is 9.20. The average molecular weight is 435 g/mol. The third kappa shape index (κ3) is 3.97. The Balaban J connectivity index is 1.98. The predicted octanol–water partition coefficient (Wildman–Crippen LogP) is 5.82. The Morgan fingerprint density at radius 2 is 1.82 bits per heavy atom. The van der Waals surface area contributed by atoms with E-state index in [1.807, 2.05) is 6.92 Å². The zero-order valence-electron chi connectivity index (χ0n) is 14.7. The summed E-state index contributed by atoms with van der Waals surface area (Å²) >= 11 is 11.8. The fourth-order valence-corrected chi connectivity index (χ4v) is 3.52. The van der Waals surface area contributed by atoms with Crippen molar-refractivity contribution in [2.45, 2.75) is 31.7 Å². The Morgan fingerprint density at radius 1 is 1.14 bits per heavy atom. The number of rotatable bonds is 5. The topological polar surface area (TPSA) is 33.6 Å². The van der Waals surface area contributed by atoms with Crippen LogP contribution in [0.1, 0.15) is 30.0 Å². The summed E-state index contributed by atoms with van der Waals surface area (Å²) in [5.74, 6) is -0.451. The third-order valence-electron chi connectivity index (χ3n) is 4.46. The van der Waals surface area contributed by atoms with E-state index in [0.29, 0.717) is 17.7 Å². The maximum atomic E-state index is 14.0. The number of nitrogens with zero attached hydrogens (tertiary/aromatic N) is 1. The van der Waals surface area contributed by atoms with Crippen LogP contribution in [-0.2, 0) is 17.0 Å². The molecular weight excluding hydrogens is 419 g/mol. The highest BCUT2D eigenvalue weighted by Gasteiger charge is 2.62. The number of hydrogen-bond donors (Lipinski definition) is 1. The normalized spacial score (nSPS) is 19.5. The van der Waals surface area contributed by atoms with Gasteiger partial charge in [-0.05, 0) is 42.4 Å². The van der Waals surface area contributed by atoms with Gasteiger partial charge in [-0.1, -0.05) is 41.3 Å². The SMILES string of the molecule is CCNCc1cc(C2=NOC(c3cc(Cl)cc(Cl)c3)(C(F)(F)F)C2)ccc1F. The molecule has 28 heavy (non-hydrogen) atoms. The van der Waals surface area contributed by atoms with Crippen molar-refractivity contribution in [1.82, 2.24) is 5.32 Å². The number of alkyl halides is 3. The van der Waals surface area contributed by atoms with Crippen LogP contribution < -0.4 is 5.32 Å². The van der Waals surface area contributed by atoms with Gasteiger partial charge in [0.15, 0.2) is 0 Å². The van der Waals surface area contributed by atoms with Crippen LogP contribution in [0, 0.1) is 5.82 Å². The molecule has 1 aliphatic rings. The van der Waals surface area contributed by atoms with Gasteiger partial charge in [-0.3, -0.25) is 0 Å². The molecule has 2 aromatic carbocycles. The summed E-state index contributed by atoms with van der Waals surface area (Å²) < 4.78 is 56.0. The fraction of sp³-hybridized carbons (Fsp3) is 0.316. The van der Waals surface area contributed by atoms with E-state index in [4.69, 9.17) is 28.0 Å². The van der Waals surface area contributed by atoms with Gasteiger partial charge in [0.1, 0.15) is 5.82 Å². The first-order chi connectivity index (χ1) is 13.2. The molecule has 1 N–H and O–H groups in total. The monoisotopic (exact) mass is 434 g/mol. The summed E-state index contributed by atoms with van der Waals surface area (Å²) in [4.78, 5) is 4.96. The van der Waals surface area contributed by atoms with Crippen molar-refractivity contribution in [3.8, 4) is 0 Å². The lowest BCUT2D eigenvalue weighted by atomic mass is 9.86. The third-order valence-corrected chi connectivity index (χ3v) is 4.90. The van der Waals surface area contributed by atoms with Crippen molar-refractivity contribution in [2.24, 2.45) is 5.16 Å². The molecule has 0 saturated heterocycles. The van der Waals surface area contributed by atoms with Gasteiger partial charge in [0.05, 0.1) is 5.71 Å². The fourth-order valence-electron chi connectivity index (χ4n) is 2.99. The van der Waals surface area contributed by atoms with Crippen LogP contribution in [0.3, 0.4) is 0 Å². The van der Waals surface area contributed by atoms with Crippen LogP contribution in [0.25, 0.3) is 0 Å². The molecule has 3 rings (SSSR count). The molecule has 0 radical (unpaired) electrons. The number of nitrogens with one attached hydrogen (secondary N) is 1. The van der Waals surface area contributed by atoms with Crippen LogP contribution in [-0.4, -0.2) is 18.4 Å². The number of halogens is 6. The molecule has 0 fully saturated rings. The maximum absolute atomic E-state index is 14.0. The average Bonchev–Trinajstić information content (AvgIpc) is 3.07. The molecule has 0 spiro atoms. The van der Waals surface area contributed by atoms with Gasteiger partial charge in [0, 0.05) is 34.1 Å². The molecule has 0 amide bonds. The summed E-state index contributed by atoms with van der Waals surface area (Å²) in [5.41, 5.74) is -2.21. The van der Waals surface area contributed by atoms with E-state index in [1.165, 1.54) is 24.3 Å². The Morgan fingerprint density at radius 3 is 2.43 bits per heavy atom. The van der Waals surface area contributed by atoms with E-state index < -0.39 is 24.0 Å². The Bertz CT molecular complexity index is 897. The minimum Gasteiger partial charge on any atom is -0.374 e. The molecular formula is C19H16Cl2F4N2O. The first-order valence-electron chi connectivity index (χ1n) is 8.44. The van der Waals surface area contributed by atoms with Gasteiger partial charge in [-0.15, -0.1) is 0 Å². The summed E-state index contributed by atoms with van der Waals surface area (Å²) in [7, 11) is 0. The van der Waals surface area contributed by atoms with E-state index >= 15 is 0 Å². The highest BCUT2D eigenvalue weighted by atomic mass is 35.5. The Kier molecular flexibility index (Phi) is 5.89. The Labute approximate surface area is 169 Å². The highest BCUT2D eigenvalue weighted by Crippen LogP contribution is 2.49. The molecule has 0 saturated carbocycles. The standard InChI is InChI=1S/C19H16Cl2F4N2O/c1-2-26-10-12-5-11(3-4-16(12)22)17-9-18(28-27-17,19(23,24)25)13-6-14(20)8-15(21)7-13/h3-8,26H,2,9-10H2,1H3. The highest BCUT2D eigenvalue weighted by molar-refractivity contribution is 6.34. The molecule has 1 heterocycles. The van der Waals surface area contributed by atoms with E-state index in [0.717, 1.165) is 12.1 Å². The zero-order valence-corrected chi connectivity index (χ0v) is 16.2. The van der Waals surface area contributed by atoms with Crippen LogP contribution >= 0.6 is 23.2 Å². The van der Waals surface area contributed by atoms with E-state index in [9.17, 15) is 17.6 Å². The predicted molar refractivity (Wildman–Crippen MR) is 100 cm³/mol. The van der Waals surface area contributed by atoms with Gasteiger partial charge in [0.2, 0.25) is 0 Å². The summed E-state index contributed by atoms with van der Waals surface area (Å²) in [5, 5.41) is 6.77. The molecule has 3 nitrogen and oxygen atoms in total. The van der Waals surface area contributed by atoms with Gasteiger partial charge in [0.25, 0.3) is 5.60 Å². The van der Waals surface area contributed by atoms with Crippen molar-refractivity contribution in [2.75, 3.05) is 6.54 Å². The van der Waals surface area contributed by atoms with Gasteiger partial charge >= 0.3 is 6.18 Å². The summed E-state index contributed by atoms with van der Waals surface area (Å²) in [6, 6.07) is 7.69. The molecule has 0 aromatic heterocycles. The molecule has 1 aliphatic heterocycles. The van der Waals surface area contributed by atoms with Crippen molar-refractivity contribution >= 4 is 28.9 Å². The molecule has 1 atom stereocenters. The van der Waals surface area contributed by atoms with Crippen molar-refractivity contribution in [3.63, 3.8) is 0 Å². The second kappa shape index (κ2) is 7.89. The summed E-state index contributed by atoms with van der Waals surface area (Å²) in [6.07, 6.45) is -5.36.